The Morgan fingerprint density at radius 1 is 1.00 bits per heavy atom. The van der Waals surface area contributed by atoms with Crippen molar-refractivity contribution in [2.24, 2.45) is 0 Å². The summed E-state index contributed by atoms with van der Waals surface area (Å²) >= 11 is 0. The number of hydrogen-bond donors (Lipinski definition) is 0. The van der Waals surface area contributed by atoms with Gasteiger partial charge in [0.15, 0.2) is 0 Å². The number of unbranched alkanes of at least 4 members (excludes halogenated alkanes) is 3. The first-order valence-corrected chi connectivity index (χ1v) is 3.12. The van der Waals surface area contributed by atoms with E-state index in [1.165, 1.54) is 25.7 Å². The van der Waals surface area contributed by atoms with E-state index in [9.17, 15) is 0 Å². The van der Waals surface area contributed by atoms with Crippen molar-refractivity contribution in [3.05, 3.63) is 0 Å². The average Bonchev–Trinajstić information content (AvgIpc) is 1.69. The van der Waals surface area contributed by atoms with Crippen molar-refractivity contribution in [3.8, 4) is 0 Å². The van der Waals surface area contributed by atoms with Crippen molar-refractivity contribution < 1.29 is 24.8 Å². The zero-order chi connectivity index (χ0) is 5.54. The molecule has 0 spiro atoms. The monoisotopic (exact) mass is 166 g/mol. The van der Waals surface area contributed by atoms with E-state index in [0.717, 1.165) is 6.32 Å². The van der Waals surface area contributed by atoms with Crippen molar-refractivity contribution in [2.75, 3.05) is 0 Å². The summed E-state index contributed by atoms with van der Waals surface area (Å²) in [6.07, 6.45) is 6.03. The van der Waals surface area contributed by atoms with Crippen LogP contribution in [0.15, 0.2) is 0 Å². The Morgan fingerprint density at radius 2 is 1.56 bits per heavy atom. The van der Waals surface area contributed by atoms with Gasteiger partial charge in [-0.1, -0.05) is 0 Å². The molecule has 0 rings (SSSR count). The molecule has 54 valence electrons. The fraction of sp³-hybridized carbons (Fsp3) is 1.00. The molecule has 0 fully saturated rings. The summed E-state index contributed by atoms with van der Waals surface area (Å²) in [6, 6.07) is 0. The van der Waals surface area contributed by atoms with Crippen LogP contribution in [0.2, 0.25) is 6.32 Å². The van der Waals surface area contributed by atoms with Gasteiger partial charge in [0.1, 0.15) is 0 Å². The largest absolute Gasteiger partial charge is 1.00 e. The maximum Gasteiger partial charge on any atom is -1.00 e. The molecule has 0 aliphatic carbocycles. The van der Waals surface area contributed by atoms with Crippen molar-refractivity contribution in [2.45, 2.75) is 38.9 Å². The Balaban J connectivity index is -0.000000180. The van der Waals surface area contributed by atoms with E-state index in [1.807, 2.05) is 0 Å². The van der Waals surface area contributed by atoms with Gasteiger partial charge in [-0.3, -0.25) is 0 Å². The zero-order valence-electron chi connectivity index (χ0n) is 5.87. The molecule has 0 atom stereocenters. The molecule has 0 amide bonds. The molecule has 0 unspecified atom stereocenters. The SMILES string of the molecule is [B+2]CCCCCC.[Cl-].[Cl-]. The van der Waals surface area contributed by atoms with E-state index < -0.39 is 0 Å². The van der Waals surface area contributed by atoms with Crippen LogP contribution in [0.4, 0.5) is 0 Å². The molecule has 0 radical (unpaired) electrons. The van der Waals surface area contributed by atoms with Crippen LogP contribution in [-0.2, 0) is 0 Å². The van der Waals surface area contributed by atoms with Crippen molar-refractivity contribution in [1.29, 1.82) is 0 Å². The Labute approximate surface area is 72.0 Å². The first-order valence-electron chi connectivity index (χ1n) is 3.12. The number of halogens is 2. The maximum absolute atomic E-state index is 5.27. The number of hydrogen-bond acceptors (Lipinski definition) is 0. The average molecular weight is 167 g/mol. The van der Waals surface area contributed by atoms with Gasteiger partial charge in [-0.2, -0.15) is 0 Å². The van der Waals surface area contributed by atoms with Crippen molar-refractivity contribution in [1.82, 2.24) is 0 Å². The van der Waals surface area contributed by atoms with Crippen LogP contribution in [0, 0.1) is 0 Å². The smallest absolute Gasteiger partial charge is 1.00 e. The van der Waals surface area contributed by atoms with E-state index >= 15 is 0 Å². The molecule has 0 saturated heterocycles. The molecule has 0 aromatic rings. The Hall–Kier alpha value is 0.645. The van der Waals surface area contributed by atoms with Crippen LogP contribution in [-0.4, -0.2) is 7.85 Å². The molecular weight excluding hydrogens is 154 g/mol. The zero-order valence-corrected chi connectivity index (χ0v) is 7.38. The summed E-state index contributed by atoms with van der Waals surface area (Å²) in [5.74, 6) is 0. The third-order valence-corrected chi connectivity index (χ3v) is 1.06. The Morgan fingerprint density at radius 3 is 1.89 bits per heavy atom. The molecule has 0 saturated carbocycles. The predicted octanol–water partition coefficient (Wildman–Crippen LogP) is -3.84. The van der Waals surface area contributed by atoms with Gasteiger partial charge in [-0.05, 0) is 0 Å². The summed E-state index contributed by atoms with van der Waals surface area (Å²) in [7, 11) is 5.27. The second-order valence-electron chi connectivity index (χ2n) is 1.85. The van der Waals surface area contributed by atoms with Gasteiger partial charge in [0.05, 0.1) is 0 Å². The van der Waals surface area contributed by atoms with E-state index in [0.29, 0.717) is 0 Å². The molecule has 3 heteroatoms. The minimum absolute atomic E-state index is 0. The second-order valence-corrected chi connectivity index (χ2v) is 1.85. The van der Waals surface area contributed by atoms with Crippen molar-refractivity contribution >= 4 is 7.85 Å². The van der Waals surface area contributed by atoms with Crippen molar-refractivity contribution in [3.63, 3.8) is 0 Å². The Bertz CT molecular complexity index is 30.2. The third-order valence-electron chi connectivity index (χ3n) is 1.06. The normalized spacial score (nSPS) is 7.44. The molecule has 9 heavy (non-hydrogen) atoms. The minimum Gasteiger partial charge on any atom is -1.00 e. The van der Waals surface area contributed by atoms with Gasteiger partial charge < -0.3 is 24.8 Å². The molecule has 0 aromatic heterocycles. The summed E-state index contributed by atoms with van der Waals surface area (Å²) in [5, 5.41) is 0. The standard InChI is InChI=1S/C6H13B.2ClH/c1-2-3-4-5-6-7;;/h2-6H2,1H3;2*1H/q+2;;/p-2. The van der Waals surface area contributed by atoms with Gasteiger partial charge in [-0.25, -0.2) is 0 Å². The summed E-state index contributed by atoms with van der Waals surface area (Å²) < 4.78 is 0. The first-order chi connectivity index (χ1) is 3.41. The van der Waals surface area contributed by atoms with E-state index in [2.05, 4.69) is 6.92 Å². The first kappa shape index (κ1) is 16.3. The molecule has 0 aromatic carbocycles. The summed E-state index contributed by atoms with van der Waals surface area (Å²) in [4.78, 5) is 0. The van der Waals surface area contributed by atoms with Crippen LogP contribution in [0.1, 0.15) is 32.6 Å². The summed E-state index contributed by atoms with van der Waals surface area (Å²) in [5.41, 5.74) is 0. The molecule has 0 heterocycles. The van der Waals surface area contributed by atoms with Crippen LogP contribution in [0.5, 0.6) is 0 Å². The second kappa shape index (κ2) is 15.9. The molecular formula is C6H13BCl2. The fourth-order valence-electron chi connectivity index (χ4n) is 0.571. The number of rotatable bonds is 4. The molecule has 0 bridgehead atoms. The van der Waals surface area contributed by atoms with Gasteiger partial charge in [0.2, 0.25) is 0 Å². The van der Waals surface area contributed by atoms with Gasteiger partial charge in [0.25, 0.3) is 0 Å². The van der Waals surface area contributed by atoms with Crippen LogP contribution >= 0.6 is 0 Å². The molecule has 0 N–H and O–H groups in total. The van der Waals surface area contributed by atoms with Crippen LogP contribution < -0.4 is 24.8 Å². The fourth-order valence-corrected chi connectivity index (χ4v) is 0.571. The van der Waals surface area contributed by atoms with E-state index in [1.54, 1.807) is 0 Å². The molecule has 0 aliphatic heterocycles. The van der Waals surface area contributed by atoms with E-state index in [4.69, 9.17) is 7.85 Å². The maximum atomic E-state index is 5.27. The van der Waals surface area contributed by atoms with Crippen LogP contribution in [0.25, 0.3) is 0 Å². The third kappa shape index (κ3) is 17.7. The van der Waals surface area contributed by atoms with Gasteiger partial charge >= 0.3 is 46.8 Å². The molecule has 0 aliphatic rings. The minimum atomic E-state index is 0. The van der Waals surface area contributed by atoms with Crippen LogP contribution in [0.3, 0.4) is 0 Å². The topological polar surface area (TPSA) is 0 Å². The Kier molecular flexibility index (Phi) is 28.8. The van der Waals surface area contributed by atoms with Gasteiger partial charge in [-0.15, -0.1) is 0 Å². The predicted molar refractivity (Wildman–Crippen MR) is 34.7 cm³/mol. The van der Waals surface area contributed by atoms with Gasteiger partial charge in [0, 0.05) is 0 Å². The quantitative estimate of drug-likeness (QED) is 0.297. The molecule has 0 nitrogen and oxygen atoms in total. The van der Waals surface area contributed by atoms with E-state index in [-0.39, 0.29) is 24.8 Å². The summed E-state index contributed by atoms with van der Waals surface area (Å²) in [6.45, 7) is 2.20.